The highest BCUT2D eigenvalue weighted by molar-refractivity contribution is 5.89. The van der Waals surface area contributed by atoms with Crippen molar-refractivity contribution in [2.45, 2.75) is 33.7 Å². The van der Waals surface area contributed by atoms with Crippen molar-refractivity contribution < 1.29 is 4.79 Å². The van der Waals surface area contributed by atoms with Crippen molar-refractivity contribution in [3.8, 4) is 0 Å². The summed E-state index contributed by atoms with van der Waals surface area (Å²) in [7, 11) is 0. The SMILES string of the molecule is Cc1ccc(NC(=O)NC(C)C)cc1C. The summed E-state index contributed by atoms with van der Waals surface area (Å²) in [5.74, 6) is 0. The minimum atomic E-state index is -0.159. The fourth-order valence-electron chi connectivity index (χ4n) is 1.25. The molecule has 1 aromatic carbocycles. The molecule has 0 radical (unpaired) electrons. The highest BCUT2D eigenvalue weighted by Crippen LogP contribution is 2.13. The number of anilines is 1. The van der Waals surface area contributed by atoms with Crippen LogP contribution in [0.4, 0.5) is 10.5 Å². The average molecular weight is 206 g/mol. The largest absolute Gasteiger partial charge is 0.336 e. The van der Waals surface area contributed by atoms with Gasteiger partial charge in [0.25, 0.3) is 0 Å². The fraction of sp³-hybridized carbons (Fsp3) is 0.417. The fourth-order valence-corrected chi connectivity index (χ4v) is 1.25. The van der Waals surface area contributed by atoms with Gasteiger partial charge < -0.3 is 10.6 Å². The Bertz CT molecular complexity index is 359. The summed E-state index contributed by atoms with van der Waals surface area (Å²) in [5.41, 5.74) is 3.23. The molecule has 0 atom stereocenters. The lowest BCUT2D eigenvalue weighted by Gasteiger charge is -2.11. The normalized spacial score (nSPS) is 10.2. The Morgan fingerprint density at radius 2 is 1.87 bits per heavy atom. The number of rotatable bonds is 2. The molecule has 0 unspecified atom stereocenters. The van der Waals surface area contributed by atoms with Crippen molar-refractivity contribution in [1.29, 1.82) is 0 Å². The van der Waals surface area contributed by atoms with Crippen LogP contribution < -0.4 is 10.6 Å². The summed E-state index contributed by atoms with van der Waals surface area (Å²) >= 11 is 0. The molecular weight excluding hydrogens is 188 g/mol. The molecule has 82 valence electrons. The minimum Gasteiger partial charge on any atom is -0.336 e. The Labute approximate surface area is 90.9 Å². The van der Waals surface area contributed by atoms with Crippen molar-refractivity contribution in [3.05, 3.63) is 29.3 Å². The molecule has 0 aromatic heterocycles. The van der Waals surface area contributed by atoms with E-state index in [1.807, 2.05) is 45.9 Å². The number of benzene rings is 1. The number of carbonyl (C=O) groups excluding carboxylic acids is 1. The van der Waals surface area contributed by atoms with Gasteiger partial charge in [-0.3, -0.25) is 0 Å². The Morgan fingerprint density at radius 3 is 2.40 bits per heavy atom. The van der Waals surface area contributed by atoms with Crippen LogP contribution in [-0.4, -0.2) is 12.1 Å². The van der Waals surface area contributed by atoms with Gasteiger partial charge in [0.2, 0.25) is 0 Å². The van der Waals surface area contributed by atoms with Crippen LogP contribution in [0.2, 0.25) is 0 Å². The van der Waals surface area contributed by atoms with Crippen LogP contribution in [0.5, 0.6) is 0 Å². The number of carbonyl (C=O) groups is 1. The highest BCUT2D eigenvalue weighted by atomic mass is 16.2. The van der Waals surface area contributed by atoms with Gasteiger partial charge in [-0.2, -0.15) is 0 Å². The molecule has 2 N–H and O–H groups in total. The van der Waals surface area contributed by atoms with Gasteiger partial charge in [-0.1, -0.05) is 6.07 Å². The lowest BCUT2D eigenvalue weighted by atomic mass is 10.1. The van der Waals surface area contributed by atoms with Gasteiger partial charge in [0.15, 0.2) is 0 Å². The van der Waals surface area contributed by atoms with Crippen LogP contribution in [0.15, 0.2) is 18.2 Å². The highest BCUT2D eigenvalue weighted by Gasteiger charge is 2.03. The summed E-state index contributed by atoms with van der Waals surface area (Å²) in [6.07, 6.45) is 0. The first-order chi connectivity index (χ1) is 6.99. The number of aryl methyl sites for hydroxylation is 2. The van der Waals surface area contributed by atoms with Crippen molar-refractivity contribution in [1.82, 2.24) is 5.32 Å². The van der Waals surface area contributed by atoms with Gasteiger partial charge in [-0.25, -0.2) is 4.79 Å². The predicted molar refractivity (Wildman–Crippen MR) is 63.2 cm³/mol. The van der Waals surface area contributed by atoms with Crippen LogP contribution in [0.25, 0.3) is 0 Å². The molecule has 3 nitrogen and oxygen atoms in total. The number of amides is 2. The maximum absolute atomic E-state index is 11.4. The van der Waals surface area contributed by atoms with E-state index in [9.17, 15) is 4.79 Å². The molecule has 0 aliphatic carbocycles. The van der Waals surface area contributed by atoms with E-state index in [2.05, 4.69) is 10.6 Å². The second kappa shape index (κ2) is 4.82. The second-order valence-corrected chi connectivity index (χ2v) is 4.05. The van der Waals surface area contributed by atoms with Gasteiger partial charge >= 0.3 is 6.03 Å². The predicted octanol–water partition coefficient (Wildman–Crippen LogP) is 2.83. The maximum atomic E-state index is 11.4. The van der Waals surface area contributed by atoms with Crippen LogP contribution in [0, 0.1) is 13.8 Å². The first-order valence-corrected chi connectivity index (χ1v) is 5.14. The summed E-state index contributed by atoms with van der Waals surface area (Å²) in [6, 6.07) is 5.86. The molecular formula is C12H18N2O. The third-order valence-corrected chi connectivity index (χ3v) is 2.18. The third kappa shape index (κ3) is 3.62. The lowest BCUT2D eigenvalue weighted by Crippen LogP contribution is -2.34. The van der Waals surface area contributed by atoms with Crippen LogP contribution in [0.3, 0.4) is 0 Å². The zero-order chi connectivity index (χ0) is 11.4. The maximum Gasteiger partial charge on any atom is 0.319 e. The Morgan fingerprint density at radius 1 is 1.20 bits per heavy atom. The van der Waals surface area contributed by atoms with E-state index >= 15 is 0 Å². The van der Waals surface area contributed by atoms with Crippen LogP contribution in [-0.2, 0) is 0 Å². The van der Waals surface area contributed by atoms with Gasteiger partial charge in [0.1, 0.15) is 0 Å². The zero-order valence-electron chi connectivity index (χ0n) is 9.72. The summed E-state index contributed by atoms with van der Waals surface area (Å²) in [6.45, 7) is 7.94. The van der Waals surface area contributed by atoms with E-state index in [4.69, 9.17) is 0 Å². The van der Waals surface area contributed by atoms with E-state index in [0.29, 0.717) is 0 Å². The molecule has 2 amide bonds. The van der Waals surface area contributed by atoms with Crippen molar-refractivity contribution in [2.75, 3.05) is 5.32 Å². The number of urea groups is 1. The standard InChI is InChI=1S/C12H18N2O/c1-8(2)13-12(15)14-11-6-5-9(3)10(4)7-11/h5-8H,1-4H3,(H2,13,14,15). The van der Waals surface area contributed by atoms with Crippen molar-refractivity contribution in [3.63, 3.8) is 0 Å². The second-order valence-electron chi connectivity index (χ2n) is 4.05. The molecule has 0 saturated heterocycles. The molecule has 0 bridgehead atoms. The monoisotopic (exact) mass is 206 g/mol. The smallest absolute Gasteiger partial charge is 0.319 e. The van der Waals surface area contributed by atoms with Gasteiger partial charge in [0, 0.05) is 11.7 Å². The zero-order valence-corrected chi connectivity index (χ0v) is 9.72. The average Bonchev–Trinajstić information content (AvgIpc) is 2.10. The van der Waals surface area contributed by atoms with Gasteiger partial charge in [-0.15, -0.1) is 0 Å². The molecule has 0 saturated carbocycles. The summed E-state index contributed by atoms with van der Waals surface area (Å²) in [4.78, 5) is 11.4. The molecule has 1 rings (SSSR count). The molecule has 0 heterocycles. The molecule has 15 heavy (non-hydrogen) atoms. The first-order valence-electron chi connectivity index (χ1n) is 5.14. The van der Waals surface area contributed by atoms with Crippen LogP contribution >= 0.6 is 0 Å². The number of nitrogens with one attached hydrogen (secondary N) is 2. The first kappa shape index (κ1) is 11.6. The topological polar surface area (TPSA) is 41.1 Å². The van der Waals surface area contributed by atoms with Crippen molar-refractivity contribution in [2.24, 2.45) is 0 Å². The Balaban J connectivity index is 2.65. The summed E-state index contributed by atoms with van der Waals surface area (Å²) in [5, 5.41) is 5.57. The van der Waals surface area contributed by atoms with Gasteiger partial charge in [-0.05, 0) is 51.0 Å². The van der Waals surface area contributed by atoms with Crippen LogP contribution in [0.1, 0.15) is 25.0 Å². The summed E-state index contributed by atoms with van der Waals surface area (Å²) < 4.78 is 0. The molecule has 0 fully saturated rings. The molecule has 1 aromatic rings. The van der Waals surface area contributed by atoms with E-state index in [0.717, 1.165) is 5.69 Å². The van der Waals surface area contributed by atoms with E-state index in [1.54, 1.807) is 0 Å². The third-order valence-electron chi connectivity index (χ3n) is 2.18. The minimum absolute atomic E-state index is 0.150. The molecule has 0 aliphatic heterocycles. The van der Waals surface area contributed by atoms with Gasteiger partial charge in [0.05, 0.1) is 0 Å². The number of hydrogen-bond donors (Lipinski definition) is 2. The Hall–Kier alpha value is -1.51. The quantitative estimate of drug-likeness (QED) is 0.767. The molecule has 0 spiro atoms. The van der Waals surface area contributed by atoms with E-state index in [-0.39, 0.29) is 12.1 Å². The van der Waals surface area contributed by atoms with Crippen molar-refractivity contribution >= 4 is 11.7 Å². The number of hydrogen-bond acceptors (Lipinski definition) is 1. The van der Waals surface area contributed by atoms with E-state index in [1.165, 1.54) is 11.1 Å². The molecule has 3 heteroatoms. The lowest BCUT2D eigenvalue weighted by molar-refractivity contribution is 0.250. The molecule has 0 aliphatic rings. The Kier molecular flexibility index (Phi) is 3.72. The van der Waals surface area contributed by atoms with E-state index < -0.39 is 0 Å².